The Morgan fingerprint density at radius 1 is 1.14 bits per heavy atom. The molecule has 1 aliphatic rings. The SMILES string of the molecule is CNC(Cc1ccc(F)cc1C)C1CCC(C(C)C)CC1. The van der Waals surface area contributed by atoms with Crippen molar-refractivity contribution in [3.63, 3.8) is 0 Å². The summed E-state index contributed by atoms with van der Waals surface area (Å²) in [7, 11) is 2.07. The van der Waals surface area contributed by atoms with Crippen molar-refractivity contribution in [3.8, 4) is 0 Å². The average Bonchev–Trinajstić information content (AvgIpc) is 2.47. The minimum absolute atomic E-state index is 0.130. The summed E-state index contributed by atoms with van der Waals surface area (Å²) >= 11 is 0. The van der Waals surface area contributed by atoms with E-state index in [1.165, 1.54) is 31.2 Å². The molecule has 1 aromatic carbocycles. The van der Waals surface area contributed by atoms with Crippen molar-refractivity contribution in [1.82, 2.24) is 5.32 Å². The quantitative estimate of drug-likeness (QED) is 0.827. The smallest absolute Gasteiger partial charge is 0.123 e. The van der Waals surface area contributed by atoms with Crippen LogP contribution < -0.4 is 5.32 Å². The molecule has 21 heavy (non-hydrogen) atoms. The number of hydrogen-bond acceptors (Lipinski definition) is 1. The van der Waals surface area contributed by atoms with E-state index in [2.05, 4.69) is 26.2 Å². The number of benzene rings is 1. The molecule has 0 saturated heterocycles. The van der Waals surface area contributed by atoms with Gasteiger partial charge in [-0.05, 0) is 87.1 Å². The van der Waals surface area contributed by atoms with E-state index in [0.29, 0.717) is 6.04 Å². The van der Waals surface area contributed by atoms with E-state index in [0.717, 1.165) is 29.7 Å². The normalized spacial score (nSPS) is 24.3. The molecule has 2 heteroatoms. The van der Waals surface area contributed by atoms with Gasteiger partial charge in [0.15, 0.2) is 0 Å². The highest BCUT2D eigenvalue weighted by Crippen LogP contribution is 2.35. The zero-order valence-corrected chi connectivity index (χ0v) is 14.0. The first-order valence-corrected chi connectivity index (χ1v) is 8.43. The Bertz CT molecular complexity index is 447. The van der Waals surface area contributed by atoms with Crippen LogP contribution in [0, 0.1) is 30.5 Å². The first kappa shape index (κ1) is 16.5. The van der Waals surface area contributed by atoms with Gasteiger partial charge < -0.3 is 5.32 Å². The highest BCUT2D eigenvalue weighted by Gasteiger charge is 2.28. The Morgan fingerprint density at radius 2 is 1.76 bits per heavy atom. The molecule has 1 saturated carbocycles. The second-order valence-electron chi connectivity index (χ2n) is 7.09. The van der Waals surface area contributed by atoms with Crippen molar-refractivity contribution in [2.75, 3.05) is 7.05 Å². The van der Waals surface area contributed by atoms with Gasteiger partial charge in [-0.15, -0.1) is 0 Å². The molecule has 1 nitrogen and oxygen atoms in total. The molecule has 118 valence electrons. The number of nitrogens with one attached hydrogen (secondary N) is 1. The van der Waals surface area contributed by atoms with Gasteiger partial charge in [-0.2, -0.15) is 0 Å². The zero-order chi connectivity index (χ0) is 15.4. The van der Waals surface area contributed by atoms with E-state index in [4.69, 9.17) is 0 Å². The maximum atomic E-state index is 13.2. The standard InChI is InChI=1S/C19H30FN/c1-13(2)15-5-7-16(8-6-15)19(21-4)12-17-9-10-18(20)11-14(17)3/h9-11,13,15-16,19,21H,5-8,12H2,1-4H3. The predicted octanol–water partition coefficient (Wildman–Crippen LogP) is 4.73. The Balaban J connectivity index is 1.97. The summed E-state index contributed by atoms with van der Waals surface area (Å²) in [6, 6.07) is 5.71. The van der Waals surface area contributed by atoms with Gasteiger partial charge in [0.25, 0.3) is 0 Å². The van der Waals surface area contributed by atoms with Gasteiger partial charge in [-0.25, -0.2) is 4.39 Å². The molecule has 1 aliphatic carbocycles. The lowest BCUT2D eigenvalue weighted by Gasteiger charge is -2.35. The molecule has 0 heterocycles. The lowest BCUT2D eigenvalue weighted by Crippen LogP contribution is -2.38. The molecule has 0 spiro atoms. The molecule has 0 amide bonds. The van der Waals surface area contributed by atoms with Crippen molar-refractivity contribution in [1.29, 1.82) is 0 Å². The molecule has 0 radical (unpaired) electrons. The van der Waals surface area contributed by atoms with Crippen LogP contribution in [0.5, 0.6) is 0 Å². The van der Waals surface area contributed by atoms with Crippen molar-refractivity contribution in [2.45, 2.75) is 58.9 Å². The van der Waals surface area contributed by atoms with Crippen molar-refractivity contribution < 1.29 is 4.39 Å². The molecule has 0 bridgehead atoms. The topological polar surface area (TPSA) is 12.0 Å². The van der Waals surface area contributed by atoms with E-state index >= 15 is 0 Å². The highest BCUT2D eigenvalue weighted by atomic mass is 19.1. The summed E-state index contributed by atoms with van der Waals surface area (Å²) in [6.45, 7) is 6.71. The van der Waals surface area contributed by atoms with E-state index in [-0.39, 0.29) is 5.82 Å². The second kappa shape index (κ2) is 7.40. The summed E-state index contributed by atoms with van der Waals surface area (Å²) < 4.78 is 13.2. The van der Waals surface area contributed by atoms with Crippen LogP contribution in [0.25, 0.3) is 0 Å². The third-order valence-electron chi connectivity index (χ3n) is 5.44. The summed E-state index contributed by atoms with van der Waals surface area (Å²) in [6.07, 6.45) is 6.40. The Labute approximate surface area is 129 Å². The lowest BCUT2D eigenvalue weighted by molar-refractivity contribution is 0.191. The van der Waals surface area contributed by atoms with Gasteiger partial charge in [-0.1, -0.05) is 19.9 Å². The van der Waals surface area contributed by atoms with E-state index < -0.39 is 0 Å². The Hall–Kier alpha value is -0.890. The zero-order valence-electron chi connectivity index (χ0n) is 14.0. The summed E-state index contributed by atoms with van der Waals surface area (Å²) in [5, 5.41) is 3.51. The van der Waals surface area contributed by atoms with Crippen LogP contribution in [0.4, 0.5) is 4.39 Å². The van der Waals surface area contributed by atoms with Gasteiger partial charge >= 0.3 is 0 Å². The largest absolute Gasteiger partial charge is 0.316 e. The first-order valence-electron chi connectivity index (χ1n) is 8.43. The molecule has 0 aliphatic heterocycles. The van der Waals surface area contributed by atoms with Gasteiger partial charge in [-0.3, -0.25) is 0 Å². The molecule has 1 fully saturated rings. The van der Waals surface area contributed by atoms with Crippen LogP contribution in [0.3, 0.4) is 0 Å². The van der Waals surface area contributed by atoms with Gasteiger partial charge in [0.2, 0.25) is 0 Å². The van der Waals surface area contributed by atoms with E-state index in [1.807, 2.05) is 13.0 Å². The third kappa shape index (κ3) is 4.29. The van der Waals surface area contributed by atoms with Crippen LogP contribution in [-0.4, -0.2) is 13.1 Å². The molecule has 2 rings (SSSR count). The molecule has 1 atom stereocenters. The maximum Gasteiger partial charge on any atom is 0.123 e. The number of likely N-dealkylation sites (N-methyl/N-ethyl adjacent to an activating group) is 1. The minimum atomic E-state index is -0.130. The molecule has 1 unspecified atom stereocenters. The minimum Gasteiger partial charge on any atom is -0.316 e. The number of hydrogen-bond donors (Lipinski definition) is 1. The summed E-state index contributed by atoms with van der Waals surface area (Å²) in [5.41, 5.74) is 2.35. The fourth-order valence-electron chi connectivity index (χ4n) is 3.84. The van der Waals surface area contributed by atoms with Crippen molar-refractivity contribution in [2.24, 2.45) is 17.8 Å². The van der Waals surface area contributed by atoms with Gasteiger partial charge in [0.05, 0.1) is 0 Å². The fraction of sp³-hybridized carbons (Fsp3) is 0.684. The van der Waals surface area contributed by atoms with E-state index in [9.17, 15) is 4.39 Å². The van der Waals surface area contributed by atoms with Crippen LogP contribution in [-0.2, 0) is 6.42 Å². The first-order chi connectivity index (χ1) is 10.0. The van der Waals surface area contributed by atoms with Crippen LogP contribution in [0.1, 0.15) is 50.7 Å². The highest BCUT2D eigenvalue weighted by molar-refractivity contribution is 5.27. The Morgan fingerprint density at radius 3 is 2.29 bits per heavy atom. The van der Waals surface area contributed by atoms with Crippen molar-refractivity contribution in [3.05, 3.63) is 35.1 Å². The molecular weight excluding hydrogens is 261 g/mol. The van der Waals surface area contributed by atoms with Gasteiger partial charge in [0, 0.05) is 6.04 Å². The number of halogens is 1. The Kier molecular flexibility index (Phi) is 5.80. The van der Waals surface area contributed by atoms with Gasteiger partial charge in [0.1, 0.15) is 5.82 Å². The van der Waals surface area contributed by atoms with Crippen molar-refractivity contribution >= 4 is 0 Å². The summed E-state index contributed by atoms with van der Waals surface area (Å²) in [4.78, 5) is 0. The average molecular weight is 291 g/mol. The monoisotopic (exact) mass is 291 g/mol. The third-order valence-corrected chi connectivity index (χ3v) is 5.44. The van der Waals surface area contributed by atoms with E-state index in [1.54, 1.807) is 12.1 Å². The second-order valence-corrected chi connectivity index (χ2v) is 7.09. The number of rotatable bonds is 5. The number of aryl methyl sites for hydroxylation is 1. The maximum absolute atomic E-state index is 13.2. The molecular formula is C19H30FN. The predicted molar refractivity (Wildman–Crippen MR) is 88.0 cm³/mol. The van der Waals surface area contributed by atoms with Crippen LogP contribution >= 0.6 is 0 Å². The van der Waals surface area contributed by atoms with Crippen LogP contribution in [0.2, 0.25) is 0 Å². The molecule has 0 aromatic heterocycles. The fourth-order valence-corrected chi connectivity index (χ4v) is 3.84. The summed E-state index contributed by atoms with van der Waals surface area (Å²) in [5.74, 6) is 2.36. The lowest BCUT2D eigenvalue weighted by atomic mass is 9.73. The molecule has 1 N–H and O–H groups in total. The molecule has 1 aromatic rings. The van der Waals surface area contributed by atoms with Crippen LogP contribution in [0.15, 0.2) is 18.2 Å².